The molecule has 2 fully saturated rings. The van der Waals surface area contributed by atoms with Gasteiger partial charge in [0.05, 0.1) is 5.92 Å². The first kappa shape index (κ1) is 12.8. The summed E-state index contributed by atoms with van der Waals surface area (Å²) in [5.41, 5.74) is 0. The molecule has 2 aliphatic heterocycles. The molecule has 1 N–H and O–H groups in total. The van der Waals surface area contributed by atoms with Gasteiger partial charge in [-0.05, 0) is 45.3 Å². The molecule has 4 nitrogen and oxygen atoms in total. The van der Waals surface area contributed by atoms with Crippen LogP contribution in [0.5, 0.6) is 0 Å². The van der Waals surface area contributed by atoms with E-state index in [-0.39, 0.29) is 5.92 Å². The monoisotopic (exact) mass is 239 g/mol. The lowest BCUT2D eigenvalue weighted by molar-refractivity contribution is -0.135. The van der Waals surface area contributed by atoms with E-state index < -0.39 is 0 Å². The van der Waals surface area contributed by atoms with Crippen molar-refractivity contribution in [3.63, 3.8) is 0 Å². The van der Waals surface area contributed by atoms with Crippen molar-refractivity contribution in [2.45, 2.75) is 19.3 Å². The summed E-state index contributed by atoms with van der Waals surface area (Å²) in [6.07, 6.45) is 3.42. The molecule has 0 aromatic heterocycles. The Bertz CT molecular complexity index is 263. The van der Waals surface area contributed by atoms with E-state index in [2.05, 4.69) is 17.3 Å². The lowest BCUT2D eigenvalue weighted by Gasteiger charge is -2.28. The summed E-state index contributed by atoms with van der Waals surface area (Å²) in [6, 6.07) is 0. The second-order valence-corrected chi connectivity index (χ2v) is 5.68. The zero-order chi connectivity index (χ0) is 12.3. The Balaban J connectivity index is 1.78. The van der Waals surface area contributed by atoms with E-state index >= 15 is 0 Å². The van der Waals surface area contributed by atoms with Gasteiger partial charge < -0.3 is 15.1 Å². The van der Waals surface area contributed by atoms with Crippen LogP contribution in [0.2, 0.25) is 0 Å². The Kier molecular flexibility index (Phi) is 4.40. The van der Waals surface area contributed by atoms with E-state index in [9.17, 15) is 4.79 Å². The normalized spacial score (nSPS) is 30.5. The first-order valence-corrected chi connectivity index (χ1v) is 6.81. The highest BCUT2D eigenvalue weighted by Crippen LogP contribution is 2.18. The molecule has 0 saturated carbocycles. The highest BCUT2D eigenvalue weighted by Gasteiger charge is 2.27. The van der Waals surface area contributed by atoms with Crippen LogP contribution in [0.3, 0.4) is 0 Å². The van der Waals surface area contributed by atoms with Crippen LogP contribution in [-0.4, -0.2) is 62.5 Å². The molecule has 17 heavy (non-hydrogen) atoms. The van der Waals surface area contributed by atoms with Crippen molar-refractivity contribution in [2.24, 2.45) is 11.8 Å². The van der Waals surface area contributed by atoms with Gasteiger partial charge in [0.2, 0.25) is 5.91 Å². The molecule has 98 valence electrons. The van der Waals surface area contributed by atoms with Crippen LogP contribution in [0.15, 0.2) is 0 Å². The average Bonchev–Trinajstić information content (AvgIpc) is 2.75. The van der Waals surface area contributed by atoms with Crippen molar-refractivity contribution in [3.8, 4) is 0 Å². The van der Waals surface area contributed by atoms with Crippen molar-refractivity contribution in [1.29, 1.82) is 0 Å². The molecule has 1 unspecified atom stereocenters. The van der Waals surface area contributed by atoms with E-state index in [1.54, 1.807) is 0 Å². The van der Waals surface area contributed by atoms with Gasteiger partial charge in [-0.1, -0.05) is 0 Å². The number of likely N-dealkylation sites (tertiary alicyclic amines) is 1. The van der Waals surface area contributed by atoms with Gasteiger partial charge in [0.25, 0.3) is 0 Å². The predicted octanol–water partition coefficient (Wildman–Crippen LogP) is 0.396. The van der Waals surface area contributed by atoms with Crippen LogP contribution in [0.25, 0.3) is 0 Å². The second kappa shape index (κ2) is 5.83. The Morgan fingerprint density at radius 1 is 1.47 bits per heavy atom. The molecule has 0 aromatic carbocycles. The predicted molar refractivity (Wildman–Crippen MR) is 68.8 cm³/mol. The highest BCUT2D eigenvalue weighted by molar-refractivity contribution is 5.78. The zero-order valence-electron chi connectivity index (χ0n) is 11.1. The largest absolute Gasteiger partial charge is 0.345 e. The number of amides is 1. The Morgan fingerprint density at radius 3 is 2.88 bits per heavy atom. The molecule has 2 aliphatic rings. The molecule has 1 amide bonds. The maximum absolute atomic E-state index is 12.2. The lowest BCUT2D eigenvalue weighted by atomic mass is 9.97. The van der Waals surface area contributed by atoms with E-state index in [0.29, 0.717) is 11.8 Å². The van der Waals surface area contributed by atoms with Crippen LogP contribution in [0.4, 0.5) is 0 Å². The third-order valence-electron chi connectivity index (χ3n) is 4.04. The Labute approximate surface area is 104 Å². The van der Waals surface area contributed by atoms with Crippen molar-refractivity contribution in [2.75, 3.05) is 46.8 Å². The summed E-state index contributed by atoms with van der Waals surface area (Å²) in [5.74, 6) is 1.23. The molecule has 2 heterocycles. The molecule has 0 aliphatic carbocycles. The van der Waals surface area contributed by atoms with Gasteiger partial charge in [-0.2, -0.15) is 0 Å². The molecule has 4 heteroatoms. The fourth-order valence-corrected chi connectivity index (χ4v) is 3.03. The molecule has 0 bridgehead atoms. The van der Waals surface area contributed by atoms with Gasteiger partial charge in [-0.25, -0.2) is 0 Å². The van der Waals surface area contributed by atoms with E-state index in [0.717, 1.165) is 39.0 Å². The van der Waals surface area contributed by atoms with Crippen LogP contribution >= 0.6 is 0 Å². The maximum Gasteiger partial charge on any atom is 0.226 e. The SMILES string of the molecule is CN1CCC(CN(C)C(=O)[C@@H]2CCCNC2)C1. The van der Waals surface area contributed by atoms with Crippen LogP contribution in [-0.2, 0) is 4.79 Å². The molecule has 2 saturated heterocycles. The molecule has 0 aromatic rings. The Morgan fingerprint density at radius 2 is 2.29 bits per heavy atom. The quantitative estimate of drug-likeness (QED) is 0.774. The molecule has 0 spiro atoms. The standard InChI is InChI=1S/C13H25N3O/c1-15-7-5-11(9-15)10-16(2)13(17)12-4-3-6-14-8-12/h11-12,14H,3-10H2,1-2H3/t11?,12-/m1/s1. The number of nitrogens with zero attached hydrogens (tertiary/aromatic N) is 2. The van der Waals surface area contributed by atoms with Crippen molar-refractivity contribution >= 4 is 5.91 Å². The number of hydrogen-bond acceptors (Lipinski definition) is 3. The van der Waals surface area contributed by atoms with Gasteiger partial charge in [-0.15, -0.1) is 0 Å². The van der Waals surface area contributed by atoms with E-state index in [1.807, 2.05) is 11.9 Å². The van der Waals surface area contributed by atoms with Crippen molar-refractivity contribution < 1.29 is 4.79 Å². The van der Waals surface area contributed by atoms with Gasteiger partial charge in [0.1, 0.15) is 0 Å². The number of rotatable bonds is 3. The smallest absolute Gasteiger partial charge is 0.226 e. The molecule has 2 atom stereocenters. The summed E-state index contributed by atoms with van der Waals surface area (Å²) >= 11 is 0. The van der Waals surface area contributed by atoms with E-state index in [1.165, 1.54) is 13.0 Å². The lowest BCUT2D eigenvalue weighted by Crippen LogP contribution is -2.43. The minimum atomic E-state index is 0.216. The first-order valence-electron chi connectivity index (χ1n) is 6.81. The van der Waals surface area contributed by atoms with Crippen LogP contribution in [0.1, 0.15) is 19.3 Å². The van der Waals surface area contributed by atoms with Gasteiger partial charge in [0.15, 0.2) is 0 Å². The summed E-state index contributed by atoms with van der Waals surface area (Å²) in [6.45, 7) is 5.19. The van der Waals surface area contributed by atoms with Gasteiger partial charge in [-0.3, -0.25) is 4.79 Å². The summed E-state index contributed by atoms with van der Waals surface area (Å²) in [5, 5.41) is 3.32. The number of hydrogen-bond donors (Lipinski definition) is 1. The number of nitrogens with one attached hydrogen (secondary N) is 1. The minimum absolute atomic E-state index is 0.216. The van der Waals surface area contributed by atoms with Gasteiger partial charge >= 0.3 is 0 Å². The topological polar surface area (TPSA) is 35.6 Å². The second-order valence-electron chi connectivity index (χ2n) is 5.68. The number of piperidine rings is 1. The molecular weight excluding hydrogens is 214 g/mol. The van der Waals surface area contributed by atoms with Crippen LogP contribution in [0, 0.1) is 11.8 Å². The highest BCUT2D eigenvalue weighted by atomic mass is 16.2. The summed E-state index contributed by atoms with van der Waals surface area (Å²) in [4.78, 5) is 16.6. The first-order chi connectivity index (χ1) is 8.16. The van der Waals surface area contributed by atoms with Crippen molar-refractivity contribution in [3.05, 3.63) is 0 Å². The maximum atomic E-state index is 12.2. The number of carbonyl (C=O) groups excluding carboxylic acids is 1. The van der Waals surface area contributed by atoms with Gasteiger partial charge in [0, 0.05) is 26.7 Å². The minimum Gasteiger partial charge on any atom is -0.345 e. The molecule has 2 rings (SSSR count). The fraction of sp³-hybridized carbons (Fsp3) is 0.923. The Hall–Kier alpha value is -0.610. The molecule has 0 radical (unpaired) electrons. The third-order valence-corrected chi connectivity index (χ3v) is 4.04. The zero-order valence-corrected chi connectivity index (χ0v) is 11.1. The molecular formula is C13H25N3O. The summed E-state index contributed by atoms with van der Waals surface area (Å²) in [7, 11) is 4.13. The summed E-state index contributed by atoms with van der Waals surface area (Å²) < 4.78 is 0. The van der Waals surface area contributed by atoms with Crippen molar-refractivity contribution in [1.82, 2.24) is 15.1 Å². The fourth-order valence-electron chi connectivity index (χ4n) is 3.03. The number of carbonyl (C=O) groups is 1. The van der Waals surface area contributed by atoms with Crippen LogP contribution < -0.4 is 5.32 Å². The third kappa shape index (κ3) is 3.42. The average molecular weight is 239 g/mol. The van der Waals surface area contributed by atoms with E-state index in [4.69, 9.17) is 0 Å².